The van der Waals surface area contributed by atoms with Crippen LogP contribution < -0.4 is 4.90 Å². The second-order valence-electron chi connectivity index (χ2n) is 5.38. The van der Waals surface area contributed by atoms with Gasteiger partial charge in [0.25, 0.3) is 0 Å². The van der Waals surface area contributed by atoms with Crippen LogP contribution in [0.2, 0.25) is 5.02 Å². The Kier molecular flexibility index (Phi) is 4.24. The zero-order chi connectivity index (χ0) is 15.5. The fourth-order valence-corrected chi connectivity index (χ4v) is 3.00. The van der Waals surface area contributed by atoms with Crippen LogP contribution in [0.15, 0.2) is 36.7 Å². The molecular weight excluding hydrogens is 302 g/mol. The molecule has 1 fully saturated rings. The molecule has 2 aromatic rings. The van der Waals surface area contributed by atoms with Gasteiger partial charge in [-0.1, -0.05) is 23.7 Å². The van der Waals surface area contributed by atoms with Gasteiger partial charge in [0.05, 0.1) is 12.4 Å². The molecule has 1 saturated heterocycles. The number of aromatic carboxylic acids is 1. The minimum absolute atomic E-state index is 0.0300. The Morgan fingerprint density at radius 3 is 2.59 bits per heavy atom. The van der Waals surface area contributed by atoms with Crippen LogP contribution in [0.25, 0.3) is 0 Å². The molecular formula is C16H16ClN3O2. The van der Waals surface area contributed by atoms with E-state index in [9.17, 15) is 4.79 Å². The van der Waals surface area contributed by atoms with E-state index in [2.05, 4.69) is 20.9 Å². The van der Waals surface area contributed by atoms with Crippen molar-refractivity contribution in [2.45, 2.75) is 18.8 Å². The molecule has 0 bridgehead atoms. The maximum Gasteiger partial charge on any atom is 0.356 e. The van der Waals surface area contributed by atoms with Gasteiger partial charge in [-0.3, -0.25) is 0 Å². The van der Waals surface area contributed by atoms with Gasteiger partial charge in [-0.2, -0.15) is 0 Å². The van der Waals surface area contributed by atoms with Crippen LogP contribution in [-0.4, -0.2) is 34.1 Å². The Labute approximate surface area is 133 Å². The first-order chi connectivity index (χ1) is 10.6. The molecule has 6 heteroatoms. The average molecular weight is 318 g/mol. The highest BCUT2D eigenvalue weighted by molar-refractivity contribution is 6.30. The summed E-state index contributed by atoms with van der Waals surface area (Å²) in [5.74, 6) is 0.175. The van der Waals surface area contributed by atoms with E-state index in [4.69, 9.17) is 16.7 Å². The van der Waals surface area contributed by atoms with Crippen LogP contribution in [0.5, 0.6) is 0 Å². The first kappa shape index (κ1) is 14.8. The van der Waals surface area contributed by atoms with E-state index in [-0.39, 0.29) is 5.69 Å². The summed E-state index contributed by atoms with van der Waals surface area (Å²) >= 11 is 6.05. The average Bonchev–Trinajstić information content (AvgIpc) is 2.55. The van der Waals surface area contributed by atoms with Gasteiger partial charge < -0.3 is 10.0 Å². The van der Waals surface area contributed by atoms with Crippen LogP contribution in [-0.2, 0) is 0 Å². The largest absolute Gasteiger partial charge is 0.476 e. The molecule has 1 aliphatic rings. The van der Waals surface area contributed by atoms with Crippen molar-refractivity contribution in [3.05, 3.63) is 52.9 Å². The number of carboxylic acid groups (broad SMARTS) is 1. The van der Waals surface area contributed by atoms with Crippen LogP contribution in [0.4, 0.5) is 5.82 Å². The quantitative estimate of drug-likeness (QED) is 0.941. The molecule has 2 heterocycles. The molecule has 0 aliphatic carbocycles. The highest BCUT2D eigenvalue weighted by Crippen LogP contribution is 2.30. The first-order valence-electron chi connectivity index (χ1n) is 7.19. The van der Waals surface area contributed by atoms with E-state index in [1.807, 2.05) is 18.2 Å². The molecule has 0 unspecified atom stereocenters. The van der Waals surface area contributed by atoms with Crippen molar-refractivity contribution in [3.63, 3.8) is 0 Å². The molecule has 1 aliphatic heterocycles. The Bertz CT molecular complexity index is 667. The number of halogens is 1. The summed E-state index contributed by atoms with van der Waals surface area (Å²) in [4.78, 5) is 21.0. The minimum Gasteiger partial charge on any atom is -0.476 e. The fraction of sp³-hybridized carbons (Fsp3) is 0.312. The molecule has 5 nitrogen and oxygen atoms in total. The van der Waals surface area contributed by atoms with E-state index >= 15 is 0 Å². The summed E-state index contributed by atoms with van der Waals surface area (Å²) < 4.78 is 0. The Balaban J connectivity index is 1.65. The predicted octanol–water partition coefficient (Wildman–Crippen LogP) is 3.21. The van der Waals surface area contributed by atoms with Crippen molar-refractivity contribution in [2.75, 3.05) is 18.0 Å². The molecule has 22 heavy (non-hydrogen) atoms. The number of aromatic nitrogens is 2. The molecule has 0 radical (unpaired) electrons. The number of anilines is 1. The van der Waals surface area contributed by atoms with Crippen LogP contribution in [0, 0.1) is 0 Å². The number of nitrogens with zero attached hydrogens (tertiary/aromatic N) is 3. The summed E-state index contributed by atoms with van der Waals surface area (Å²) in [5.41, 5.74) is 1.25. The predicted molar refractivity (Wildman–Crippen MR) is 84.6 cm³/mol. The lowest BCUT2D eigenvalue weighted by atomic mass is 9.89. The number of carbonyl (C=O) groups is 1. The van der Waals surface area contributed by atoms with Crippen molar-refractivity contribution >= 4 is 23.4 Å². The number of hydrogen-bond donors (Lipinski definition) is 1. The van der Waals surface area contributed by atoms with E-state index in [1.165, 1.54) is 18.0 Å². The molecule has 114 valence electrons. The van der Waals surface area contributed by atoms with Gasteiger partial charge in [0.15, 0.2) is 5.69 Å². The number of piperidine rings is 1. The van der Waals surface area contributed by atoms with Gasteiger partial charge in [-0.05, 0) is 36.5 Å². The smallest absolute Gasteiger partial charge is 0.356 e. The number of hydrogen-bond acceptors (Lipinski definition) is 4. The lowest BCUT2D eigenvalue weighted by Crippen LogP contribution is -2.33. The zero-order valence-corrected chi connectivity index (χ0v) is 12.7. The number of rotatable bonds is 3. The standard InChI is InChI=1S/C16H16ClN3O2/c17-13-3-1-2-12(8-13)11-4-6-20(7-5-11)15-10-18-14(9-19-15)16(21)22/h1-3,8-11H,4-7H2,(H,21,22). The number of carboxylic acids is 1. The second-order valence-corrected chi connectivity index (χ2v) is 5.82. The molecule has 0 saturated carbocycles. The maximum absolute atomic E-state index is 10.8. The molecule has 3 rings (SSSR count). The third kappa shape index (κ3) is 3.20. The topological polar surface area (TPSA) is 66.3 Å². The van der Waals surface area contributed by atoms with Crippen molar-refractivity contribution in [1.29, 1.82) is 0 Å². The minimum atomic E-state index is -1.06. The van der Waals surface area contributed by atoms with Crippen LogP contribution in [0.1, 0.15) is 34.8 Å². The van der Waals surface area contributed by atoms with Gasteiger partial charge in [0.1, 0.15) is 5.82 Å². The molecule has 1 N–H and O–H groups in total. The van der Waals surface area contributed by atoms with Crippen molar-refractivity contribution in [1.82, 2.24) is 9.97 Å². The summed E-state index contributed by atoms with van der Waals surface area (Å²) in [7, 11) is 0. The van der Waals surface area contributed by atoms with Gasteiger partial charge in [0.2, 0.25) is 0 Å². The lowest BCUT2D eigenvalue weighted by Gasteiger charge is -2.32. The third-order valence-electron chi connectivity index (χ3n) is 4.00. The van der Waals surface area contributed by atoms with Gasteiger partial charge in [-0.15, -0.1) is 0 Å². The van der Waals surface area contributed by atoms with Crippen LogP contribution in [0.3, 0.4) is 0 Å². The van der Waals surface area contributed by atoms with E-state index in [0.29, 0.717) is 5.92 Å². The third-order valence-corrected chi connectivity index (χ3v) is 4.23. The SMILES string of the molecule is O=C(O)c1cnc(N2CCC(c3cccc(Cl)c3)CC2)cn1. The van der Waals surface area contributed by atoms with E-state index < -0.39 is 5.97 Å². The van der Waals surface area contributed by atoms with Crippen molar-refractivity contribution < 1.29 is 9.90 Å². The Morgan fingerprint density at radius 1 is 1.23 bits per heavy atom. The van der Waals surface area contributed by atoms with E-state index in [1.54, 1.807) is 0 Å². The van der Waals surface area contributed by atoms with Crippen molar-refractivity contribution in [2.24, 2.45) is 0 Å². The highest BCUT2D eigenvalue weighted by atomic mass is 35.5. The first-order valence-corrected chi connectivity index (χ1v) is 7.57. The molecule has 0 spiro atoms. The summed E-state index contributed by atoms with van der Waals surface area (Å²) in [6.07, 6.45) is 4.87. The summed E-state index contributed by atoms with van der Waals surface area (Å²) in [6.45, 7) is 1.75. The van der Waals surface area contributed by atoms with Crippen molar-refractivity contribution in [3.8, 4) is 0 Å². The Hall–Kier alpha value is -2.14. The number of benzene rings is 1. The fourth-order valence-electron chi connectivity index (χ4n) is 2.80. The molecule has 0 atom stereocenters. The normalized spacial score (nSPS) is 15.8. The summed E-state index contributed by atoms with van der Waals surface area (Å²) in [6, 6.07) is 8.02. The highest BCUT2D eigenvalue weighted by Gasteiger charge is 2.22. The second kappa shape index (κ2) is 6.32. The van der Waals surface area contributed by atoms with Gasteiger partial charge >= 0.3 is 5.97 Å². The molecule has 1 aromatic carbocycles. The molecule has 0 amide bonds. The molecule has 1 aromatic heterocycles. The van der Waals surface area contributed by atoms with Crippen LogP contribution >= 0.6 is 11.6 Å². The zero-order valence-electron chi connectivity index (χ0n) is 11.9. The monoisotopic (exact) mass is 317 g/mol. The van der Waals surface area contributed by atoms with Gasteiger partial charge in [-0.25, -0.2) is 14.8 Å². The Morgan fingerprint density at radius 2 is 2.00 bits per heavy atom. The summed E-state index contributed by atoms with van der Waals surface area (Å²) in [5, 5.41) is 9.62. The lowest BCUT2D eigenvalue weighted by molar-refractivity contribution is 0.0690. The van der Waals surface area contributed by atoms with E-state index in [0.717, 1.165) is 36.8 Å². The maximum atomic E-state index is 10.8. The van der Waals surface area contributed by atoms with Gasteiger partial charge in [0, 0.05) is 18.1 Å².